The van der Waals surface area contributed by atoms with E-state index in [1.54, 1.807) is 19.1 Å². The minimum Gasteiger partial charge on any atom is -0.268 e. The highest BCUT2D eigenvalue weighted by atomic mass is 16.2. The summed E-state index contributed by atoms with van der Waals surface area (Å²) in [6.45, 7) is 1.73. The van der Waals surface area contributed by atoms with E-state index >= 15 is 0 Å². The lowest BCUT2D eigenvalue weighted by Gasteiger charge is -2.10. The molecule has 0 aliphatic carbocycles. The van der Waals surface area contributed by atoms with Gasteiger partial charge in [0.1, 0.15) is 0 Å². The van der Waals surface area contributed by atoms with Gasteiger partial charge in [-0.2, -0.15) is 0 Å². The fourth-order valence-corrected chi connectivity index (χ4v) is 0.737. The van der Waals surface area contributed by atoms with Crippen LogP contribution in [0.15, 0.2) is 30.6 Å². The molecule has 0 unspecified atom stereocenters. The average Bonchev–Trinajstić information content (AvgIpc) is 2.18. The van der Waals surface area contributed by atoms with Crippen molar-refractivity contribution in [3.8, 4) is 0 Å². The van der Waals surface area contributed by atoms with Crippen LogP contribution in [0.2, 0.25) is 0 Å². The normalized spacial score (nSPS) is 10.3. The van der Waals surface area contributed by atoms with Crippen molar-refractivity contribution in [1.29, 1.82) is 0 Å². The summed E-state index contributed by atoms with van der Waals surface area (Å²) in [5, 5.41) is 0.889. The summed E-state index contributed by atoms with van der Waals surface area (Å²) in [6.07, 6.45) is 5.98. The Morgan fingerprint density at radius 1 is 1.54 bits per heavy atom. The fourth-order valence-electron chi connectivity index (χ4n) is 0.737. The largest absolute Gasteiger partial charge is 0.268 e. The molecule has 5 heteroatoms. The maximum absolute atomic E-state index is 11.2. The maximum Gasteiger partial charge on any atom is 0.267 e. The molecule has 5 nitrogen and oxygen atoms in total. The van der Waals surface area contributed by atoms with Crippen LogP contribution >= 0.6 is 0 Å². The lowest BCUT2D eigenvalue weighted by Crippen LogP contribution is -2.37. The van der Waals surface area contributed by atoms with Crippen LogP contribution < -0.4 is 10.9 Å². The number of nitrogens with two attached hydrogens (primary N) is 1. The molecule has 0 bridgehead atoms. The molecule has 0 fully saturated rings. The molecule has 0 aromatic carbocycles. The van der Waals surface area contributed by atoms with E-state index in [1.807, 2.05) is 0 Å². The summed E-state index contributed by atoms with van der Waals surface area (Å²) in [6, 6.07) is 1.65. The highest BCUT2D eigenvalue weighted by Gasteiger charge is 2.09. The lowest BCUT2D eigenvalue weighted by molar-refractivity contribution is -0.114. The summed E-state index contributed by atoms with van der Waals surface area (Å²) in [5.74, 6) is 5.26. The van der Waals surface area contributed by atoms with Crippen molar-refractivity contribution in [3.05, 3.63) is 30.6 Å². The zero-order valence-corrected chi connectivity index (χ0v) is 7.21. The van der Waals surface area contributed by atoms with Crippen LogP contribution in [0.1, 0.15) is 6.92 Å². The first-order chi connectivity index (χ1) is 6.25. The molecule has 1 aromatic rings. The smallest absolute Gasteiger partial charge is 0.267 e. The van der Waals surface area contributed by atoms with Gasteiger partial charge in [-0.3, -0.25) is 4.79 Å². The van der Waals surface area contributed by atoms with Crippen LogP contribution in [0.4, 0.5) is 5.95 Å². The Labute approximate surface area is 75.9 Å². The molecule has 0 saturated carbocycles. The van der Waals surface area contributed by atoms with E-state index in [2.05, 4.69) is 9.97 Å². The second-order valence-corrected chi connectivity index (χ2v) is 2.26. The SMILES string of the molecule is C/C=C/C(=O)N(N)c1ncccn1. The van der Waals surface area contributed by atoms with E-state index in [0.29, 0.717) is 0 Å². The zero-order valence-electron chi connectivity index (χ0n) is 7.21. The summed E-state index contributed by atoms with van der Waals surface area (Å²) in [7, 11) is 0. The molecule has 13 heavy (non-hydrogen) atoms. The molecular weight excluding hydrogens is 168 g/mol. The molecule has 1 heterocycles. The number of nitrogens with zero attached hydrogens (tertiary/aromatic N) is 3. The summed E-state index contributed by atoms with van der Waals surface area (Å²) < 4.78 is 0. The number of rotatable bonds is 2. The number of hydrazine groups is 1. The first-order valence-corrected chi connectivity index (χ1v) is 3.74. The molecule has 0 radical (unpaired) electrons. The number of allylic oxidation sites excluding steroid dienone is 1. The Morgan fingerprint density at radius 2 is 2.15 bits per heavy atom. The van der Waals surface area contributed by atoms with Gasteiger partial charge in [0.2, 0.25) is 5.95 Å². The van der Waals surface area contributed by atoms with Crippen molar-refractivity contribution >= 4 is 11.9 Å². The molecule has 0 aliphatic rings. The van der Waals surface area contributed by atoms with E-state index in [4.69, 9.17) is 5.84 Å². The molecule has 0 aliphatic heterocycles. The second kappa shape index (κ2) is 4.32. The van der Waals surface area contributed by atoms with E-state index in [1.165, 1.54) is 18.5 Å². The summed E-state index contributed by atoms with van der Waals surface area (Å²) in [4.78, 5) is 18.8. The Morgan fingerprint density at radius 3 is 2.69 bits per heavy atom. The summed E-state index contributed by atoms with van der Waals surface area (Å²) >= 11 is 0. The molecule has 1 amide bonds. The zero-order chi connectivity index (χ0) is 9.68. The van der Waals surface area contributed by atoms with Crippen LogP contribution in [-0.4, -0.2) is 15.9 Å². The van der Waals surface area contributed by atoms with E-state index in [-0.39, 0.29) is 11.9 Å². The van der Waals surface area contributed by atoms with Gasteiger partial charge in [0.15, 0.2) is 0 Å². The van der Waals surface area contributed by atoms with Crippen LogP contribution in [0, 0.1) is 0 Å². The molecule has 1 rings (SSSR count). The second-order valence-electron chi connectivity index (χ2n) is 2.26. The first kappa shape index (κ1) is 9.34. The third kappa shape index (κ3) is 2.34. The minimum absolute atomic E-state index is 0.186. The van der Waals surface area contributed by atoms with Gasteiger partial charge in [-0.1, -0.05) is 6.08 Å². The maximum atomic E-state index is 11.2. The van der Waals surface area contributed by atoms with Crippen molar-refractivity contribution in [1.82, 2.24) is 9.97 Å². The van der Waals surface area contributed by atoms with Gasteiger partial charge in [-0.05, 0) is 13.0 Å². The Balaban J connectivity index is 2.79. The van der Waals surface area contributed by atoms with Crippen molar-refractivity contribution in [2.45, 2.75) is 6.92 Å². The van der Waals surface area contributed by atoms with Crippen molar-refractivity contribution in [2.24, 2.45) is 5.84 Å². The van der Waals surface area contributed by atoms with Crippen LogP contribution in [0.25, 0.3) is 0 Å². The van der Waals surface area contributed by atoms with Gasteiger partial charge >= 0.3 is 0 Å². The Hall–Kier alpha value is -1.75. The molecule has 68 valence electrons. The summed E-state index contributed by atoms with van der Waals surface area (Å²) in [5.41, 5.74) is 0. The number of carbonyl (C=O) groups excluding carboxylic acids is 1. The standard InChI is InChI=1S/C8H10N4O/c1-2-4-7(13)12(9)8-10-5-3-6-11-8/h2-6H,9H2,1H3/b4-2+. The minimum atomic E-state index is -0.353. The average molecular weight is 178 g/mol. The predicted octanol–water partition coefficient (Wildman–Crippen LogP) is 0.259. The van der Waals surface area contributed by atoms with E-state index in [0.717, 1.165) is 5.01 Å². The number of aromatic nitrogens is 2. The van der Waals surface area contributed by atoms with Gasteiger partial charge in [0, 0.05) is 18.5 Å². The third-order valence-corrected chi connectivity index (χ3v) is 1.31. The predicted molar refractivity (Wildman–Crippen MR) is 48.5 cm³/mol. The molecule has 0 atom stereocenters. The number of anilines is 1. The quantitative estimate of drug-likeness (QED) is 0.305. The lowest BCUT2D eigenvalue weighted by atomic mass is 10.5. The monoisotopic (exact) mass is 178 g/mol. The van der Waals surface area contributed by atoms with Gasteiger partial charge in [0.25, 0.3) is 5.91 Å². The van der Waals surface area contributed by atoms with Crippen LogP contribution in [0.5, 0.6) is 0 Å². The van der Waals surface area contributed by atoms with Gasteiger partial charge < -0.3 is 0 Å². The fraction of sp³-hybridized carbons (Fsp3) is 0.125. The van der Waals surface area contributed by atoms with Crippen molar-refractivity contribution < 1.29 is 4.79 Å². The number of carbonyl (C=O) groups is 1. The number of hydrogen-bond donors (Lipinski definition) is 1. The number of hydrogen-bond acceptors (Lipinski definition) is 4. The first-order valence-electron chi connectivity index (χ1n) is 3.74. The highest BCUT2D eigenvalue weighted by Crippen LogP contribution is 1.99. The molecule has 1 aromatic heterocycles. The third-order valence-electron chi connectivity index (χ3n) is 1.31. The number of amides is 1. The van der Waals surface area contributed by atoms with E-state index in [9.17, 15) is 4.79 Å². The molecule has 2 N–H and O–H groups in total. The Kier molecular flexibility index (Phi) is 3.10. The van der Waals surface area contributed by atoms with Crippen molar-refractivity contribution in [2.75, 3.05) is 5.01 Å². The molecule has 0 saturated heterocycles. The molecule has 0 spiro atoms. The van der Waals surface area contributed by atoms with Gasteiger partial charge in [-0.25, -0.2) is 20.8 Å². The Bertz CT molecular complexity index is 309. The van der Waals surface area contributed by atoms with Gasteiger partial charge in [-0.15, -0.1) is 0 Å². The van der Waals surface area contributed by atoms with Crippen LogP contribution in [0.3, 0.4) is 0 Å². The molecular formula is C8H10N4O. The van der Waals surface area contributed by atoms with E-state index < -0.39 is 0 Å². The van der Waals surface area contributed by atoms with Crippen LogP contribution in [-0.2, 0) is 4.79 Å². The highest BCUT2D eigenvalue weighted by molar-refractivity contribution is 5.99. The van der Waals surface area contributed by atoms with Gasteiger partial charge in [0.05, 0.1) is 0 Å². The topological polar surface area (TPSA) is 72.1 Å². The van der Waals surface area contributed by atoms with Crippen molar-refractivity contribution in [3.63, 3.8) is 0 Å².